The van der Waals surface area contributed by atoms with Crippen molar-refractivity contribution in [1.82, 2.24) is 9.97 Å². The van der Waals surface area contributed by atoms with Crippen LogP contribution >= 0.6 is 11.6 Å². The third kappa shape index (κ3) is 3.57. The maximum absolute atomic E-state index is 13.8. The third-order valence-corrected chi connectivity index (χ3v) is 2.97. The first-order valence-electron chi connectivity index (χ1n) is 6.39. The second kappa shape index (κ2) is 6.52. The molecule has 1 heterocycles. The molecule has 0 saturated heterocycles. The Bertz CT molecular complexity index is 604. The van der Waals surface area contributed by atoms with Gasteiger partial charge in [0, 0.05) is 17.3 Å². The molecular formula is C14H16ClFN4. The van der Waals surface area contributed by atoms with Crippen molar-refractivity contribution in [3.8, 4) is 0 Å². The van der Waals surface area contributed by atoms with Crippen molar-refractivity contribution < 1.29 is 4.39 Å². The molecule has 0 aliphatic heterocycles. The van der Waals surface area contributed by atoms with E-state index in [1.807, 2.05) is 19.9 Å². The number of nitrogens with one attached hydrogen (secondary N) is 2. The van der Waals surface area contributed by atoms with Crippen LogP contribution < -0.4 is 10.6 Å². The van der Waals surface area contributed by atoms with Gasteiger partial charge in [-0.3, -0.25) is 0 Å². The van der Waals surface area contributed by atoms with Gasteiger partial charge in [0.2, 0.25) is 5.95 Å². The lowest BCUT2D eigenvalue weighted by Gasteiger charge is -2.11. The van der Waals surface area contributed by atoms with Gasteiger partial charge in [-0.2, -0.15) is 4.98 Å². The van der Waals surface area contributed by atoms with E-state index in [2.05, 4.69) is 20.6 Å². The Morgan fingerprint density at radius 1 is 1.35 bits per heavy atom. The Morgan fingerprint density at radius 2 is 2.15 bits per heavy atom. The van der Waals surface area contributed by atoms with Crippen LogP contribution in [0, 0.1) is 12.7 Å². The van der Waals surface area contributed by atoms with E-state index < -0.39 is 5.82 Å². The Hall–Kier alpha value is -1.88. The summed E-state index contributed by atoms with van der Waals surface area (Å²) in [4.78, 5) is 8.02. The monoisotopic (exact) mass is 294 g/mol. The molecule has 106 valence electrons. The third-order valence-electron chi connectivity index (χ3n) is 2.73. The highest BCUT2D eigenvalue weighted by atomic mass is 35.5. The summed E-state index contributed by atoms with van der Waals surface area (Å²) in [5.41, 5.74) is 1.67. The quantitative estimate of drug-likeness (QED) is 0.870. The molecule has 0 aliphatic carbocycles. The van der Waals surface area contributed by atoms with Crippen LogP contribution in [0.15, 0.2) is 24.4 Å². The number of aromatic nitrogens is 2. The SMILES string of the molecule is CCCNc1ncc(F)c(Nc2cc(Cl)ccc2C)n1. The van der Waals surface area contributed by atoms with Crippen LogP contribution in [0.5, 0.6) is 0 Å². The predicted molar refractivity (Wildman–Crippen MR) is 80.2 cm³/mol. The maximum atomic E-state index is 13.8. The lowest BCUT2D eigenvalue weighted by atomic mass is 10.2. The molecule has 0 unspecified atom stereocenters. The molecule has 0 fully saturated rings. The fraction of sp³-hybridized carbons (Fsp3) is 0.286. The molecule has 2 aromatic rings. The normalized spacial score (nSPS) is 10.4. The molecular weight excluding hydrogens is 279 g/mol. The van der Waals surface area contributed by atoms with Gasteiger partial charge in [0.05, 0.1) is 6.20 Å². The molecule has 20 heavy (non-hydrogen) atoms. The molecule has 0 radical (unpaired) electrons. The van der Waals surface area contributed by atoms with Crippen molar-refractivity contribution in [2.24, 2.45) is 0 Å². The molecule has 1 aromatic carbocycles. The van der Waals surface area contributed by atoms with Crippen LogP contribution in [0.4, 0.5) is 21.8 Å². The van der Waals surface area contributed by atoms with E-state index in [4.69, 9.17) is 11.6 Å². The zero-order valence-electron chi connectivity index (χ0n) is 11.4. The topological polar surface area (TPSA) is 49.8 Å². The van der Waals surface area contributed by atoms with Crippen LogP contribution in [0.3, 0.4) is 0 Å². The maximum Gasteiger partial charge on any atom is 0.224 e. The standard InChI is InChI=1S/C14H16ClFN4/c1-3-6-17-14-18-8-11(16)13(20-14)19-12-7-10(15)5-4-9(12)2/h4-5,7-8H,3,6H2,1-2H3,(H2,17,18,19,20). The van der Waals surface area contributed by atoms with Crippen molar-refractivity contribution in [3.05, 3.63) is 40.8 Å². The fourth-order valence-corrected chi connectivity index (χ4v) is 1.81. The van der Waals surface area contributed by atoms with E-state index in [9.17, 15) is 4.39 Å². The lowest BCUT2D eigenvalue weighted by Crippen LogP contribution is -2.07. The van der Waals surface area contributed by atoms with Crippen LogP contribution in [0.2, 0.25) is 5.02 Å². The number of nitrogens with zero attached hydrogens (tertiary/aromatic N) is 2. The Morgan fingerprint density at radius 3 is 2.90 bits per heavy atom. The predicted octanol–water partition coefficient (Wildman–Crippen LogP) is 4.14. The average Bonchev–Trinajstić information content (AvgIpc) is 2.43. The van der Waals surface area contributed by atoms with Crippen LogP contribution in [0.1, 0.15) is 18.9 Å². The summed E-state index contributed by atoms with van der Waals surface area (Å²) in [7, 11) is 0. The molecule has 0 saturated carbocycles. The average molecular weight is 295 g/mol. The summed E-state index contributed by atoms with van der Waals surface area (Å²) in [6.45, 7) is 4.68. The molecule has 0 spiro atoms. The highest BCUT2D eigenvalue weighted by Crippen LogP contribution is 2.24. The largest absolute Gasteiger partial charge is 0.354 e. The summed E-state index contributed by atoms with van der Waals surface area (Å²) in [6.07, 6.45) is 2.09. The van der Waals surface area contributed by atoms with Gasteiger partial charge >= 0.3 is 0 Å². The van der Waals surface area contributed by atoms with E-state index in [-0.39, 0.29) is 5.82 Å². The van der Waals surface area contributed by atoms with Gasteiger partial charge in [0.1, 0.15) is 0 Å². The Kier molecular flexibility index (Phi) is 4.74. The van der Waals surface area contributed by atoms with Gasteiger partial charge in [-0.25, -0.2) is 9.37 Å². The van der Waals surface area contributed by atoms with E-state index >= 15 is 0 Å². The van der Waals surface area contributed by atoms with Gasteiger partial charge in [-0.1, -0.05) is 24.6 Å². The van der Waals surface area contributed by atoms with Crippen molar-refractivity contribution in [3.63, 3.8) is 0 Å². The minimum atomic E-state index is -0.508. The molecule has 2 rings (SSSR count). The number of anilines is 3. The molecule has 6 heteroatoms. The fourth-order valence-electron chi connectivity index (χ4n) is 1.63. The highest BCUT2D eigenvalue weighted by molar-refractivity contribution is 6.30. The minimum absolute atomic E-state index is 0.129. The van der Waals surface area contributed by atoms with Gasteiger partial charge < -0.3 is 10.6 Å². The smallest absolute Gasteiger partial charge is 0.224 e. The zero-order valence-corrected chi connectivity index (χ0v) is 12.1. The number of hydrogen-bond acceptors (Lipinski definition) is 4. The first-order chi connectivity index (χ1) is 9.60. The first-order valence-corrected chi connectivity index (χ1v) is 6.77. The van der Waals surface area contributed by atoms with Gasteiger partial charge in [0.15, 0.2) is 11.6 Å². The number of aryl methyl sites for hydroxylation is 1. The van der Waals surface area contributed by atoms with Crippen LogP contribution in [-0.2, 0) is 0 Å². The van der Waals surface area contributed by atoms with E-state index in [1.165, 1.54) is 0 Å². The molecule has 0 atom stereocenters. The first kappa shape index (κ1) is 14.5. The van der Waals surface area contributed by atoms with Crippen LogP contribution in [-0.4, -0.2) is 16.5 Å². The Balaban J connectivity index is 2.25. The van der Waals surface area contributed by atoms with Crippen molar-refractivity contribution in [2.75, 3.05) is 17.2 Å². The summed E-state index contributed by atoms with van der Waals surface area (Å²) in [6, 6.07) is 5.38. The number of halogens is 2. The number of hydrogen-bond donors (Lipinski definition) is 2. The lowest BCUT2D eigenvalue weighted by molar-refractivity contribution is 0.619. The van der Waals surface area contributed by atoms with Crippen molar-refractivity contribution in [2.45, 2.75) is 20.3 Å². The summed E-state index contributed by atoms with van der Waals surface area (Å²) >= 11 is 5.94. The summed E-state index contributed by atoms with van der Waals surface area (Å²) in [5.74, 6) is 0.0193. The molecule has 2 N–H and O–H groups in total. The summed E-state index contributed by atoms with van der Waals surface area (Å²) < 4.78 is 13.8. The van der Waals surface area contributed by atoms with Gasteiger partial charge in [-0.05, 0) is 31.0 Å². The van der Waals surface area contributed by atoms with Gasteiger partial charge in [-0.15, -0.1) is 0 Å². The highest BCUT2D eigenvalue weighted by Gasteiger charge is 2.08. The molecule has 0 amide bonds. The molecule has 0 bridgehead atoms. The Labute approximate surface area is 122 Å². The number of rotatable bonds is 5. The van der Waals surface area contributed by atoms with E-state index in [0.717, 1.165) is 30.4 Å². The van der Waals surface area contributed by atoms with Gasteiger partial charge in [0.25, 0.3) is 0 Å². The summed E-state index contributed by atoms with van der Waals surface area (Å²) in [5, 5.41) is 6.55. The van der Waals surface area contributed by atoms with Crippen molar-refractivity contribution in [1.29, 1.82) is 0 Å². The molecule has 0 aliphatic rings. The van der Waals surface area contributed by atoms with E-state index in [1.54, 1.807) is 12.1 Å². The van der Waals surface area contributed by atoms with Crippen LogP contribution in [0.25, 0.3) is 0 Å². The van der Waals surface area contributed by atoms with Crippen molar-refractivity contribution >= 4 is 29.1 Å². The molecule has 1 aromatic heterocycles. The number of benzene rings is 1. The molecule has 4 nitrogen and oxygen atoms in total. The second-order valence-electron chi connectivity index (χ2n) is 4.40. The zero-order chi connectivity index (χ0) is 14.5. The van der Waals surface area contributed by atoms with E-state index in [0.29, 0.717) is 11.0 Å². The second-order valence-corrected chi connectivity index (χ2v) is 4.84. The minimum Gasteiger partial charge on any atom is -0.354 e.